The fourth-order valence-corrected chi connectivity index (χ4v) is 1.80. The van der Waals surface area contributed by atoms with E-state index in [0.29, 0.717) is 11.3 Å². The Balaban J connectivity index is 2.91. The van der Waals surface area contributed by atoms with Crippen molar-refractivity contribution in [3.05, 3.63) is 22.6 Å². The standard InChI is InChI=1S/C8H8O4S/c9-6(10)4-5-2-1-3-13-7(5)8(11)12/h1-2H,3-4H2,(H,9,10)(H,11,12). The lowest BCUT2D eigenvalue weighted by atomic mass is 10.1. The third-order valence-electron chi connectivity index (χ3n) is 1.47. The van der Waals surface area contributed by atoms with Crippen LogP contribution in [0.15, 0.2) is 22.6 Å². The van der Waals surface area contributed by atoms with Gasteiger partial charge in [0.1, 0.15) is 0 Å². The highest BCUT2D eigenvalue weighted by Gasteiger charge is 2.17. The van der Waals surface area contributed by atoms with Crippen LogP contribution in [0.4, 0.5) is 0 Å². The van der Waals surface area contributed by atoms with Crippen molar-refractivity contribution in [2.45, 2.75) is 6.42 Å². The Hall–Kier alpha value is -1.23. The van der Waals surface area contributed by atoms with E-state index in [9.17, 15) is 9.59 Å². The van der Waals surface area contributed by atoms with E-state index in [1.807, 2.05) is 0 Å². The zero-order chi connectivity index (χ0) is 9.84. The molecule has 0 spiro atoms. The molecule has 0 atom stereocenters. The highest BCUT2D eigenvalue weighted by molar-refractivity contribution is 8.04. The summed E-state index contributed by atoms with van der Waals surface area (Å²) in [4.78, 5) is 21.1. The quantitative estimate of drug-likeness (QED) is 0.713. The van der Waals surface area contributed by atoms with Crippen LogP contribution in [0, 0.1) is 0 Å². The average Bonchev–Trinajstić information content (AvgIpc) is 2.03. The Labute approximate surface area is 78.9 Å². The maximum atomic E-state index is 10.6. The fraction of sp³-hybridized carbons (Fsp3) is 0.250. The summed E-state index contributed by atoms with van der Waals surface area (Å²) >= 11 is 1.15. The summed E-state index contributed by atoms with van der Waals surface area (Å²) in [6, 6.07) is 0. The van der Waals surface area contributed by atoms with Crippen LogP contribution in [0.5, 0.6) is 0 Å². The maximum Gasteiger partial charge on any atom is 0.342 e. The first-order valence-corrected chi connectivity index (χ1v) is 4.57. The summed E-state index contributed by atoms with van der Waals surface area (Å²) in [6.45, 7) is 0. The number of thioether (sulfide) groups is 1. The second kappa shape index (κ2) is 4.13. The van der Waals surface area contributed by atoms with Gasteiger partial charge in [0, 0.05) is 5.75 Å². The normalized spacial score (nSPS) is 16.0. The van der Waals surface area contributed by atoms with Crippen molar-refractivity contribution in [1.29, 1.82) is 0 Å². The first-order valence-electron chi connectivity index (χ1n) is 3.59. The lowest BCUT2D eigenvalue weighted by molar-refractivity contribution is -0.136. The third kappa shape index (κ3) is 2.62. The number of allylic oxidation sites excluding steroid dienone is 1. The minimum absolute atomic E-state index is 0.143. The summed E-state index contributed by atoms with van der Waals surface area (Å²) < 4.78 is 0. The Morgan fingerprint density at radius 2 is 2.15 bits per heavy atom. The van der Waals surface area contributed by atoms with Crippen molar-refractivity contribution in [2.75, 3.05) is 5.75 Å². The largest absolute Gasteiger partial charge is 0.481 e. The molecule has 0 unspecified atom stereocenters. The average molecular weight is 200 g/mol. The Morgan fingerprint density at radius 1 is 1.46 bits per heavy atom. The van der Waals surface area contributed by atoms with E-state index in [0.717, 1.165) is 11.8 Å². The Morgan fingerprint density at radius 3 is 2.69 bits per heavy atom. The molecule has 1 aliphatic rings. The van der Waals surface area contributed by atoms with Crippen LogP contribution in [0.2, 0.25) is 0 Å². The van der Waals surface area contributed by atoms with Gasteiger partial charge in [0.15, 0.2) is 0 Å². The van der Waals surface area contributed by atoms with Gasteiger partial charge in [-0.3, -0.25) is 4.79 Å². The molecular formula is C8H8O4S. The number of rotatable bonds is 3. The van der Waals surface area contributed by atoms with Crippen LogP contribution in [-0.2, 0) is 9.59 Å². The first kappa shape index (κ1) is 9.85. The maximum absolute atomic E-state index is 10.6. The predicted octanol–water partition coefficient (Wildman–Crippen LogP) is 1.10. The Kier molecular flexibility index (Phi) is 3.13. The molecule has 13 heavy (non-hydrogen) atoms. The molecule has 0 bridgehead atoms. The molecule has 70 valence electrons. The third-order valence-corrected chi connectivity index (χ3v) is 2.56. The van der Waals surface area contributed by atoms with E-state index in [4.69, 9.17) is 10.2 Å². The van der Waals surface area contributed by atoms with Crippen molar-refractivity contribution < 1.29 is 19.8 Å². The van der Waals surface area contributed by atoms with Crippen LogP contribution < -0.4 is 0 Å². The molecule has 4 nitrogen and oxygen atoms in total. The second-order valence-corrected chi connectivity index (χ2v) is 3.47. The zero-order valence-corrected chi connectivity index (χ0v) is 7.50. The van der Waals surface area contributed by atoms with Gasteiger partial charge in [0.05, 0.1) is 11.3 Å². The zero-order valence-electron chi connectivity index (χ0n) is 6.69. The highest BCUT2D eigenvalue weighted by atomic mass is 32.2. The van der Waals surface area contributed by atoms with Gasteiger partial charge in [-0.05, 0) is 5.57 Å². The van der Waals surface area contributed by atoms with Gasteiger partial charge in [0.2, 0.25) is 0 Å². The number of aliphatic carboxylic acids is 2. The monoisotopic (exact) mass is 200 g/mol. The van der Waals surface area contributed by atoms with Crippen LogP contribution >= 0.6 is 11.8 Å². The Bertz CT molecular complexity index is 303. The minimum Gasteiger partial charge on any atom is -0.481 e. The van der Waals surface area contributed by atoms with Gasteiger partial charge < -0.3 is 10.2 Å². The van der Waals surface area contributed by atoms with E-state index in [2.05, 4.69) is 0 Å². The first-order chi connectivity index (χ1) is 6.11. The topological polar surface area (TPSA) is 74.6 Å². The molecule has 0 aromatic carbocycles. The van der Waals surface area contributed by atoms with E-state index >= 15 is 0 Å². The summed E-state index contributed by atoms with van der Waals surface area (Å²) in [6.07, 6.45) is 3.09. The molecule has 1 rings (SSSR count). The van der Waals surface area contributed by atoms with Crippen molar-refractivity contribution in [3.63, 3.8) is 0 Å². The SMILES string of the molecule is O=C(O)CC1=C(C(=O)O)SCC=C1. The van der Waals surface area contributed by atoms with Crippen molar-refractivity contribution in [3.8, 4) is 0 Å². The number of carboxylic acids is 2. The minimum atomic E-state index is -1.05. The number of hydrogen-bond acceptors (Lipinski definition) is 3. The molecule has 5 heteroatoms. The van der Waals surface area contributed by atoms with E-state index in [1.165, 1.54) is 0 Å². The van der Waals surface area contributed by atoms with Gasteiger partial charge in [0.25, 0.3) is 0 Å². The summed E-state index contributed by atoms with van der Waals surface area (Å²) in [5.41, 5.74) is 0.372. The predicted molar refractivity (Wildman–Crippen MR) is 48.5 cm³/mol. The molecule has 1 aliphatic heterocycles. The van der Waals surface area contributed by atoms with Crippen LogP contribution in [0.1, 0.15) is 6.42 Å². The van der Waals surface area contributed by atoms with Crippen molar-refractivity contribution in [2.24, 2.45) is 0 Å². The van der Waals surface area contributed by atoms with Crippen LogP contribution in [0.3, 0.4) is 0 Å². The molecule has 0 aliphatic carbocycles. The smallest absolute Gasteiger partial charge is 0.342 e. The van der Waals surface area contributed by atoms with E-state index in [-0.39, 0.29) is 11.3 Å². The molecule has 0 saturated carbocycles. The summed E-state index contributed by atoms with van der Waals surface area (Å²) in [5.74, 6) is -1.48. The van der Waals surface area contributed by atoms with E-state index < -0.39 is 11.9 Å². The molecule has 0 saturated heterocycles. The van der Waals surface area contributed by atoms with Crippen molar-refractivity contribution in [1.82, 2.24) is 0 Å². The molecule has 0 radical (unpaired) electrons. The molecule has 0 fully saturated rings. The van der Waals surface area contributed by atoms with Crippen molar-refractivity contribution >= 4 is 23.7 Å². The number of hydrogen-bond donors (Lipinski definition) is 2. The second-order valence-electron chi connectivity index (χ2n) is 2.44. The van der Waals surface area contributed by atoms with Gasteiger partial charge in [-0.15, -0.1) is 11.8 Å². The van der Waals surface area contributed by atoms with E-state index in [1.54, 1.807) is 12.2 Å². The highest BCUT2D eigenvalue weighted by Crippen LogP contribution is 2.27. The molecule has 0 aromatic heterocycles. The lowest BCUT2D eigenvalue weighted by Crippen LogP contribution is -2.07. The molecule has 0 amide bonds. The van der Waals surface area contributed by atoms with Crippen LogP contribution in [0.25, 0.3) is 0 Å². The molecule has 2 N–H and O–H groups in total. The summed E-state index contributed by atoms with van der Waals surface area (Å²) in [7, 11) is 0. The van der Waals surface area contributed by atoms with Gasteiger partial charge in [-0.25, -0.2) is 4.79 Å². The number of carboxylic acid groups (broad SMARTS) is 2. The van der Waals surface area contributed by atoms with Crippen LogP contribution in [-0.4, -0.2) is 27.9 Å². The van der Waals surface area contributed by atoms with Gasteiger partial charge in [-0.1, -0.05) is 12.2 Å². The fourth-order valence-electron chi connectivity index (χ4n) is 0.991. The number of carbonyl (C=O) groups is 2. The van der Waals surface area contributed by atoms with Gasteiger partial charge in [-0.2, -0.15) is 0 Å². The molecule has 1 heterocycles. The van der Waals surface area contributed by atoms with Gasteiger partial charge >= 0.3 is 11.9 Å². The molecular weight excluding hydrogens is 192 g/mol. The lowest BCUT2D eigenvalue weighted by Gasteiger charge is -2.09. The molecule has 0 aromatic rings. The summed E-state index contributed by atoms with van der Waals surface area (Å²) in [5, 5.41) is 17.2.